The molecule has 1 aliphatic rings. The van der Waals surface area contributed by atoms with Crippen LogP contribution in [0, 0.1) is 0 Å². The van der Waals surface area contributed by atoms with E-state index < -0.39 is 6.04 Å². The number of ether oxygens (including phenoxy) is 1. The molecule has 4 N–H and O–H groups in total. The number of morpholine rings is 1. The molecule has 1 saturated heterocycles. The minimum Gasteiger partial charge on any atom is -0.379 e. The summed E-state index contributed by atoms with van der Waals surface area (Å²) in [5.74, 6) is -0.307. The van der Waals surface area contributed by atoms with Crippen molar-refractivity contribution in [3.8, 4) is 0 Å². The third-order valence-corrected chi connectivity index (χ3v) is 3.32. The molecule has 0 spiro atoms. The van der Waals surface area contributed by atoms with Gasteiger partial charge in [-0.05, 0) is 31.2 Å². The molecule has 0 aliphatic carbocycles. The topological polar surface area (TPSA) is 96.7 Å². The van der Waals surface area contributed by atoms with Gasteiger partial charge in [0.1, 0.15) is 0 Å². The number of hydrogen-bond donors (Lipinski definition) is 3. The molecule has 1 aromatic carbocycles. The van der Waals surface area contributed by atoms with Gasteiger partial charge in [0.05, 0.1) is 25.8 Å². The summed E-state index contributed by atoms with van der Waals surface area (Å²) in [5.41, 5.74) is 6.82. The average Bonchev–Trinajstić information content (AvgIpc) is 2.50. The molecule has 0 saturated carbocycles. The number of anilines is 2. The zero-order valence-corrected chi connectivity index (χ0v) is 15.1. The Morgan fingerprint density at radius 2 is 1.62 bits per heavy atom. The van der Waals surface area contributed by atoms with Crippen molar-refractivity contribution in [1.29, 1.82) is 0 Å². The van der Waals surface area contributed by atoms with Gasteiger partial charge in [0.25, 0.3) is 0 Å². The first-order chi connectivity index (χ1) is 10.5. The van der Waals surface area contributed by atoms with Gasteiger partial charge in [0, 0.05) is 24.5 Å². The van der Waals surface area contributed by atoms with Crippen LogP contribution in [0.1, 0.15) is 6.92 Å². The van der Waals surface area contributed by atoms with Gasteiger partial charge in [-0.15, -0.1) is 24.8 Å². The maximum Gasteiger partial charge on any atom is 0.240 e. The van der Waals surface area contributed by atoms with Gasteiger partial charge in [0.2, 0.25) is 11.8 Å². The summed E-state index contributed by atoms with van der Waals surface area (Å²) in [7, 11) is 0. The number of benzene rings is 1. The van der Waals surface area contributed by atoms with Crippen molar-refractivity contribution < 1.29 is 14.3 Å². The molecule has 1 heterocycles. The number of amides is 2. The van der Waals surface area contributed by atoms with E-state index >= 15 is 0 Å². The first-order valence-corrected chi connectivity index (χ1v) is 7.31. The van der Waals surface area contributed by atoms with Crippen molar-refractivity contribution in [3.63, 3.8) is 0 Å². The molecule has 0 bridgehead atoms. The summed E-state index contributed by atoms with van der Waals surface area (Å²) in [6.45, 7) is 4.86. The predicted molar refractivity (Wildman–Crippen MR) is 99.1 cm³/mol. The molecule has 24 heavy (non-hydrogen) atoms. The van der Waals surface area contributed by atoms with E-state index in [4.69, 9.17) is 10.5 Å². The van der Waals surface area contributed by atoms with E-state index in [1.807, 2.05) is 0 Å². The Morgan fingerprint density at radius 3 is 2.12 bits per heavy atom. The van der Waals surface area contributed by atoms with Crippen LogP contribution in [0.4, 0.5) is 11.4 Å². The van der Waals surface area contributed by atoms with Crippen molar-refractivity contribution in [2.75, 3.05) is 43.5 Å². The molecule has 1 aromatic rings. The Balaban J connectivity index is 0.00000264. The van der Waals surface area contributed by atoms with Crippen LogP contribution in [0.15, 0.2) is 24.3 Å². The molecule has 1 fully saturated rings. The number of hydrogen-bond acceptors (Lipinski definition) is 5. The van der Waals surface area contributed by atoms with Crippen LogP contribution in [0.5, 0.6) is 0 Å². The van der Waals surface area contributed by atoms with Crippen molar-refractivity contribution in [1.82, 2.24) is 4.90 Å². The first kappa shape index (κ1) is 22.6. The van der Waals surface area contributed by atoms with Gasteiger partial charge in [-0.25, -0.2) is 0 Å². The molecule has 7 nitrogen and oxygen atoms in total. The minimum absolute atomic E-state index is 0. The van der Waals surface area contributed by atoms with E-state index in [0.717, 1.165) is 13.1 Å². The number of rotatable bonds is 5. The molecular weight excluding hydrogens is 355 g/mol. The monoisotopic (exact) mass is 378 g/mol. The maximum atomic E-state index is 12.0. The number of carbonyl (C=O) groups excluding carboxylic acids is 2. The van der Waals surface area contributed by atoms with Gasteiger partial charge in [-0.1, -0.05) is 0 Å². The zero-order valence-electron chi connectivity index (χ0n) is 13.5. The highest BCUT2D eigenvalue weighted by Gasteiger charge is 2.14. The quantitative estimate of drug-likeness (QED) is 0.712. The van der Waals surface area contributed by atoms with Crippen LogP contribution in [-0.4, -0.2) is 55.6 Å². The molecule has 1 aliphatic heterocycles. The molecule has 2 rings (SSSR count). The van der Waals surface area contributed by atoms with Crippen LogP contribution in [0.25, 0.3) is 0 Å². The average molecular weight is 379 g/mol. The molecule has 136 valence electrons. The summed E-state index contributed by atoms with van der Waals surface area (Å²) < 4.78 is 5.24. The normalized spacial score (nSPS) is 15.4. The second-order valence-electron chi connectivity index (χ2n) is 5.29. The van der Waals surface area contributed by atoms with E-state index in [1.54, 1.807) is 31.2 Å². The molecule has 0 aromatic heterocycles. The maximum absolute atomic E-state index is 12.0. The van der Waals surface area contributed by atoms with Crippen LogP contribution >= 0.6 is 24.8 Å². The van der Waals surface area contributed by atoms with E-state index in [0.29, 0.717) is 31.1 Å². The third-order valence-electron chi connectivity index (χ3n) is 3.32. The molecule has 0 unspecified atom stereocenters. The van der Waals surface area contributed by atoms with E-state index in [2.05, 4.69) is 15.5 Å². The summed E-state index contributed by atoms with van der Waals surface area (Å²) in [6, 6.07) is 6.38. The van der Waals surface area contributed by atoms with Crippen molar-refractivity contribution >= 4 is 48.0 Å². The van der Waals surface area contributed by atoms with Crippen molar-refractivity contribution in [2.45, 2.75) is 13.0 Å². The fraction of sp³-hybridized carbons (Fsp3) is 0.467. The Bertz CT molecular complexity index is 520. The molecule has 2 amide bonds. The Labute approximate surface area is 154 Å². The Hall–Kier alpha value is -1.38. The summed E-state index contributed by atoms with van der Waals surface area (Å²) in [5, 5.41) is 5.52. The van der Waals surface area contributed by atoms with Crippen LogP contribution < -0.4 is 16.4 Å². The predicted octanol–water partition coefficient (Wildman–Crippen LogP) is 1.09. The number of nitrogens with one attached hydrogen (secondary N) is 2. The fourth-order valence-electron chi connectivity index (χ4n) is 2.06. The SMILES string of the molecule is C[C@H](N)C(=O)Nc1ccc(NC(=O)CN2CCOCC2)cc1.Cl.Cl. The molecule has 0 radical (unpaired) electrons. The van der Waals surface area contributed by atoms with E-state index in [9.17, 15) is 9.59 Å². The summed E-state index contributed by atoms with van der Waals surface area (Å²) >= 11 is 0. The summed E-state index contributed by atoms with van der Waals surface area (Å²) in [4.78, 5) is 25.5. The van der Waals surface area contributed by atoms with Crippen molar-refractivity contribution in [3.05, 3.63) is 24.3 Å². The highest BCUT2D eigenvalue weighted by molar-refractivity contribution is 5.95. The van der Waals surface area contributed by atoms with Gasteiger partial charge in [-0.3, -0.25) is 14.5 Å². The fourth-order valence-corrected chi connectivity index (χ4v) is 2.06. The lowest BCUT2D eigenvalue weighted by Crippen LogP contribution is -2.41. The van der Waals surface area contributed by atoms with Crippen molar-refractivity contribution in [2.24, 2.45) is 5.73 Å². The second kappa shape index (κ2) is 11.2. The first-order valence-electron chi connectivity index (χ1n) is 7.31. The lowest BCUT2D eigenvalue weighted by molar-refractivity contribution is -0.118. The second-order valence-corrected chi connectivity index (χ2v) is 5.29. The van der Waals surface area contributed by atoms with Gasteiger partial charge >= 0.3 is 0 Å². The molecular formula is C15H24Cl2N4O3. The Kier molecular flexibility index (Phi) is 10.6. The summed E-state index contributed by atoms with van der Waals surface area (Å²) in [6.07, 6.45) is 0. The number of halogens is 2. The van der Waals surface area contributed by atoms with E-state index in [-0.39, 0.29) is 36.6 Å². The Morgan fingerprint density at radius 1 is 1.12 bits per heavy atom. The highest BCUT2D eigenvalue weighted by atomic mass is 35.5. The lowest BCUT2D eigenvalue weighted by atomic mass is 10.2. The minimum atomic E-state index is -0.562. The third kappa shape index (κ3) is 7.46. The molecule has 9 heteroatoms. The highest BCUT2D eigenvalue weighted by Crippen LogP contribution is 2.13. The standard InChI is InChI=1S/C15H22N4O3.2ClH/c1-11(16)15(21)18-13-4-2-12(3-5-13)17-14(20)10-19-6-8-22-9-7-19;;/h2-5,11H,6-10,16H2,1H3,(H,17,20)(H,18,21);2*1H/t11-;;/m0../s1. The van der Waals surface area contributed by atoms with Gasteiger partial charge in [0.15, 0.2) is 0 Å². The lowest BCUT2D eigenvalue weighted by Gasteiger charge is -2.25. The number of nitrogens with zero attached hydrogens (tertiary/aromatic N) is 1. The van der Waals surface area contributed by atoms with Crippen LogP contribution in [-0.2, 0) is 14.3 Å². The number of nitrogens with two attached hydrogens (primary N) is 1. The van der Waals surface area contributed by atoms with Crippen LogP contribution in [0.3, 0.4) is 0 Å². The van der Waals surface area contributed by atoms with Gasteiger partial charge < -0.3 is 21.1 Å². The zero-order chi connectivity index (χ0) is 15.9. The van der Waals surface area contributed by atoms with Crippen LogP contribution in [0.2, 0.25) is 0 Å². The van der Waals surface area contributed by atoms with Gasteiger partial charge in [-0.2, -0.15) is 0 Å². The largest absolute Gasteiger partial charge is 0.379 e. The van der Waals surface area contributed by atoms with E-state index in [1.165, 1.54) is 0 Å². The smallest absolute Gasteiger partial charge is 0.240 e. The number of carbonyl (C=O) groups is 2. The molecule has 1 atom stereocenters.